The number of imide groups is 1. The number of hydrogen-bond donors (Lipinski definition) is 1. The number of carbonyl (C=O) groups is 2. The van der Waals surface area contributed by atoms with E-state index in [-0.39, 0.29) is 37.5 Å². The molecule has 2 amide bonds. The van der Waals surface area contributed by atoms with E-state index in [0.717, 1.165) is 48.8 Å². The van der Waals surface area contributed by atoms with Gasteiger partial charge in [0.05, 0.1) is 24.7 Å². The summed E-state index contributed by atoms with van der Waals surface area (Å²) in [4.78, 5) is 26.8. The van der Waals surface area contributed by atoms with Crippen molar-refractivity contribution in [3.05, 3.63) is 71.3 Å². The van der Waals surface area contributed by atoms with Crippen molar-refractivity contribution >= 4 is 11.8 Å². The Kier molecular flexibility index (Phi) is 6.54. The summed E-state index contributed by atoms with van der Waals surface area (Å²) in [6.07, 6.45) is 3.71. The standard InChI is InChI=1S/C26H31NO4/c1-19-10-6-7-13-22(19)24(20-11-4-2-5-12-20)31-18-21(28)17-27-23(29)16-26(25(27)30)14-8-3-9-15-26/h2,4-7,10-13,21,24,28H,3,8-9,14-18H2,1H3/t21-,24-/m1/s1. The summed E-state index contributed by atoms with van der Waals surface area (Å²) in [5.74, 6) is -0.265. The smallest absolute Gasteiger partial charge is 0.235 e. The van der Waals surface area contributed by atoms with E-state index in [2.05, 4.69) is 0 Å². The number of aryl methyl sites for hydroxylation is 1. The van der Waals surface area contributed by atoms with E-state index < -0.39 is 11.5 Å². The molecule has 1 aliphatic heterocycles. The van der Waals surface area contributed by atoms with Crippen molar-refractivity contribution in [3.63, 3.8) is 0 Å². The minimum atomic E-state index is -0.929. The van der Waals surface area contributed by atoms with Crippen LogP contribution in [0.25, 0.3) is 0 Å². The third-order valence-corrected chi connectivity index (χ3v) is 6.72. The van der Waals surface area contributed by atoms with Gasteiger partial charge < -0.3 is 9.84 Å². The average Bonchev–Trinajstić information content (AvgIpc) is 3.00. The maximum absolute atomic E-state index is 13.0. The molecule has 2 aliphatic rings. The van der Waals surface area contributed by atoms with Gasteiger partial charge in [-0.2, -0.15) is 0 Å². The number of hydrogen-bond acceptors (Lipinski definition) is 4. The molecule has 1 N–H and O–H groups in total. The first-order chi connectivity index (χ1) is 15.0. The molecule has 31 heavy (non-hydrogen) atoms. The van der Waals surface area contributed by atoms with E-state index >= 15 is 0 Å². The van der Waals surface area contributed by atoms with Gasteiger partial charge in [-0.1, -0.05) is 73.9 Å². The Labute approximate surface area is 184 Å². The lowest BCUT2D eigenvalue weighted by Gasteiger charge is -2.31. The van der Waals surface area contributed by atoms with E-state index in [0.29, 0.717) is 0 Å². The number of likely N-dealkylation sites (tertiary alicyclic amines) is 1. The molecule has 2 aromatic carbocycles. The van der Waals surface area contributed by atoms with Gasteiger partial charge in [0, 0.05) is 6.42 Å². The van der Waals surface area contributed by atoms with Gasteiger partial charge in [0.2, 0.25) is 11.8 Å². The number of aliphatic hydroxyl groups is 1. The van der Waals surface area contributed by atoms with Gasteiger partial charge in [-0.15, -0.1) is 0 Å². The Morgan fingerprint density at radius 3 is 2.39 bits per heavy atom. The van der Waals surface area contributed by atoms with Crippen molar-refractivity contribution < 1.29 is 19.4 Å². The molecule has 1 saturated carbocycles. The minimum absolute atomic E-state index is 0.00526. The molecule has 0 radical (unpaired) electrons. The lowest BCUT2D eigenvalue weighted by molar-refractivity contribution is -0.144. The second-order valence-corrected chi connectivity index (χ2v) is 8.96. The number of aliphatic hydroxyl groups excluding tert-OH is 1. The van der Waals surface area contributed by atoms with Gasteiger partial charge in [0.1, 0.15) is 6.10 Å². The van der Waals surface area contributed by atoms with Crippen molar-refractivity contribution in [3.8, 4) is 0 Å². The fraction of sp³-hybridized carbons (Fsp3) is 0.462. The number of benzene rings is 2. The van der Waals surface area contributed by atoms with Gasteiger partial charge in [0.15, 0.2) is 0 Å². The molecule has 2 aromatic rings. The van der Waals surface area contributed by atoms with E-state index in [1.807, 2.05) is 61.5 Å². The first-order valence-corrected chi connectivity index (χ1v) is 11.3. The Morgan fingerprint density at radius 1 is 1.00 bits per heavy atom. The second-order valence-electron chi connectivity index (χ2n) is 8.96. The van der Waals surface area contributed by atoms with Crippen LogP contribution in [-0.2, 0) is 14.3 Å². The van der Waals surface area contributed by atoms with Crippen LogP contribution in [0.5, 0.6) is 0 Å². The molecule has 0 aromatic heterocycles. The van der Waals surface area contributed by atoms with Crippen LogP contribution >= 0.6 is 0 Å². The van der Waals surface area contributed by atoms with Crippen molar-refractivity contribution in [1.29, 1.82) is 0 Å². The highest BCUT2D eigenvalue weighted by atomic mass is 16.5. The monoisotopic (exact) mass is 421 g/mol. The van der Waals surface area contributed by atoms with Crippen LogP contribution in [0.2, 0.25) is 0 Å². The zero-order valence-corrected chi connectivity index (χ0v) is 18.1. The molecular formula is C26H31NO4. The van der Waals surface area contributed by atoms with Gasteiger partial charge >= 0.3 is 0 Å². The molecule has 1 spiro atoms. The molecule has 2 atom stereocenters. The van der Waals surface area contributed by atoms with E-state index in [1.165, 1.54) is 4.90 Å². The molecular weight excluding hydrogens is 390 g/mol. The van der Waals surface area contributed by atoms with Crippen LogP contribution in [0, 0.1) is 12.3 Å². The predicted octanol–water partition coefficient (Wildman–Crippen LogP) is 4.17. The molecule has 1 aliphatic carbocycles. The van der Waals surface area contributed by atoms with Crippen LogP contribution in [0.3, 0.4) is 0 Å². The zero-order valence-electron chi connectivity index (χ0n) is 18.1. The van der Waals surface area contributed by atoms with Gasteiger partial charge in [-0.3, -0.25) is 14.5 Å². The summed E-state index contributed by atoms with van der Waals surface area (Å²) < 4.78 is 6.18. The number of β-amino-alcohol motifs (C(OH)–C–C–N with tert-alkyl or cyclic N) is 1. The fourth-order valence-electron chi connectivity index (χ4n) is 5.01. The van der Waals surface area contributed by atoms with Crippen molar-refractivity contribution in [1.82, 2.24) is 4.90 Å². The Balaban J connectivity index is 1.44. The first-order valence-electron chi connectivity index (χ1n) is 11.3. The van der Waals surface area contributed by atoms with Crippen LogP contribution in [0.1, 0.15) is 61.3 Å². The van der Waals surface area contributed by atoms with Crippen LogP contribution in [-0.4, -0.2) is 41.1 Å². The van der Waals surface area contributed by atoms with E-state index in [9.17, 15) is 14.7 Å². The number of nitrogens with zero attached hydrogens (tertiary/aromatic N) is 1. The van der Waals surface area contributed by atoms with Crippen LogP contribution < -0.4 is 0 Å². The van der Waals surface area contributed by atoms with Gasteiger partial charge in [0.25, 0.3) is 0 Å². The van der Waals surface area contributed by atoms with Gasteiger partial charge in [-0.05, 0) is 36.5 Å². The van der Waals surface area contributed by atoms with E-state index in [1.54, 1.807) is 0 Å². The molecule has 5 nitrogen and oxygen atoms in total. The lowest BCUT2D eigenvalue weighted by atomic mass is 9.73. The van der Waals surface area contributed by atoms with Crippen molar-refractivity contribution in [2.45, 2.75) is 57.7 Å². The summed E-state index contributed by atoms with van der Waals surface area (Å²) in [7, 11) is 0. The summed E-state index contributed by atoms with van der Waals surface area (Å²) in [5, 5.41) is 10.7. The topological polar surface area (TPSA) is 66.8 Å². The van der Waals surface area contributed by atoms with Crippen LogP contribution in [0.15, 0.2) is 54.6 Å². The highest BCUT2D eigenvalue weighted by Gasteiger charge is 2.51. The molecule has 1 heterocycles. The maximum Gasteiger partial charge on any atom is 0.235 e. The average molecular weight is 422 g/mol. The molecule has 0 unspecified atom stereocenters. The molecule has 164 valence electrons. The van der Waals surface area contributed by atoms with Crippen LogP contribution in [0.4, 0.5) is 0 Å². The molecule has 1 saturated heterocycles. The number of amides is 2. The molecule has 2 fully saturated rings. The summed E-state index contributed by atoms with van der Waals surface area (Å²) >= 11 is 0. The number of rotatable bonds is 7. The van der Waals surface area contributed by atoms with Crippen molar-refractivity contribution in [2.24, 2.45) is 5.41 Å². The highest BCUT2D eigenvalue weighted by molar-refractivity contribution is 6.06. The first kappa shape index (κ1) is 21.7. The fourth-order valence-corrected chi connectivity index (χ4v) is 5.01. The Bertz CT molecular complexity index is 920. The normalized spacial score (nSPS) is 20.3. The number of ether oxygens (including phenoxy) is 1. The molecule has 0 bridgehead atoms. The second kappa shape index (κ2) is 9.33. The maximum atomic E-state index is 13.0. The minimum Gasteiger partial charge on any atom is -0.389 e. The zero-order chi connectivity index (χ0) is 21.8. The van der Waals surface area contributed by atoms with Gasteiger partial charge in [-0.25, -0.2) is 0 Å². The molecule has 4 rings (SSSR count). The quantitative estimate of drug-likeness (QED) is 0.682. The summed E-state index contributed by atoms with van der Waals surface area (Å²) in [6.45, 7) is 2.07. The van der Waals surface area contributed by atoms with Crippen molar-refractivity contribution in [2.75, 3.05) is 13.2 Å². The predicted molar refractivity (Wildman–Crippen MR) is 118 cm³/mol. The Hall–Kier alpha value is -2.50. The lowest BCUT2D eigenvalue weighted by Crippen LogP contribution is -2.42. The molecule has 5 heteroatoms. The third kappa shape index (κ3) is 4.58. The summed E-state index contributed by atoms with van der Waals surface area (Å²) in [5.41, 5.74) is 2.62. The largest absolute Gasteiger partial charge is 0.389 e. The summed E-state index contributed by atoms with van der Waals surface area (Å²) in [6, 6.07) is 17.9. The Morgan fingerprint density at radius 2 is 1.68 bits per heavy atom. The number of carbonyl (C=O) groups excluding carboxylic acids is 2. The van der Waals surface area contributed by atoms with E-state index in [4.69, 9.17) is 4.74 Å². The third-order valence-electron chi connectivity index (χ3n) is 6.72. The highest BCUT2D eigenvalue weighted by Crippen LogP contribution is 2.45. The SMILES string of the molecule is Cc1ccccc1[C@H](OC[C@H](O)CN1C(=O)CC2(CCCCC2)C1=O)c1ccccc1.